The molecule has 0 spiro atoms. The van der Waals surface area contributed by atoms with E-state index in [4.69, 9.17) is 9.47 Å². The van der Waals surface area contributed by atoms with Crippen molar-refractivity contribution in [1.82, 2.24) is 9.88 Å². The van der Waals surface area contributed by atoms with Gasteiger partial charge in [0.1, 0.15) is 5.75 Å². The number of hydrogen-bond acceptors (Lipinski definition) is 6. The molecule has 30 heavy (non-hydrogen) atoms. The van der Waals surface area contributed by atoms with Crippen LogP contribution in [0.1, 0.15) is 25.3 Å². The van der Waals surface area contributed by atoms with E-state index in [9.17, 15) is 9.59 Å². The van der Waals surface area contributed by atoms with Gasteiger partial charge in [0.2, 0.25) is 5.91 Å². The summed E-state index contributed by atoms with van der Waals surface area (Å²) >= 11 is 0. The van der Waals surface area contributed by atoms with E-state index in [1.807, 2.05) is 36.1 Å². The minimum atomic E-state index is -0.367. The Labute approximate surface area is 177 Å². The molecule has 2 aromatic rings. The lowest BCUT2D eigenvalue weighted by atomic mass is 10.1. The minimum Gasteiger partial charge on any atom is -0.482 e. The number of carbonyl (C=O) groups is 2. The lowest BCUT2D eigenvalue weighted by molar-refractivity contribution is -0.146. The Morgan fingerprint density at radius 1 is 1.00 bits per heavy atom. The van der Waals surface area contributed by atoms with Crippen molar-refractivity contribution in [3.05, 3.63) is 54.4 Å². The number of nitrogens with zero attached hydrogens (tertiary/aromatic N) is 3. The number of rotatable bonds is 9. The summed E-state index contributed by atoms with van der Waals surface area (Å²) in [6.07, 6.45) is 5.77. The molecular formula is C23H29N3O4. The lowest BCUT2D eigenvalue weighted by Gasteiger charge is -2.36. The van der Waals surface area contributed by atoms with E-state index in [1.54, 1.807) is 24.5 Å². The zero-order valence-corrected chi connectivity index (χ0v) is 17.5. The van der Waals surface area contributed by atoms with E-state index in [2.05, 4.69) is 9.88 Å². The van der Waals surface area contributed by atoms with Crippen molar-refractivity contribution in [2.75, 3.05) is 44.3 Å². The Bertz CT molecular complexity index is 803. The molecule has 1 amide bonds. The highest BCUT2D eigenvalue weighted by Gasteiger charge is 2.21. The van der Waals surface area contributed by atoms with Gasteiger partial charge in [-0.15, -0.1) is 0 Å². The van der Waals surface area contributed by atoms with E-state index < -0.39 is 0 Å². The van der Waals surface area contributed by atoms with Crippen LogP contribution in [-0.4, -0.2) is 61.2 Å². The van der Waals surface area contributed by atoms with Crippen molar-refractivity contribution in [3.8, 4) is 5.75 Å². The monoisotopic (exact) mass is 411 g/mol. The molecule has 1 aromatic carbocycles. The number of benzene rings is 1. The molecule has 1 aliphatic rings. The van der Waals surface area contributed by atoms with E-state index in [0.717, 1.165) is 37.2 Å². The van der Waals surface area contributed by atoms with Crippen LogP contribution in [0.5, 0.6) is 5.75 Å². The molecule has 160 valence electrons. The number of amides is 1. The zero-order chi connectivity index (χ0) is 21.2. The number of hydrogen-bond donors (Lipinski definition) is 0. The molecule has 0 atom stereocenters. The number of anilines is 1. The predicted octanol–water partition coefficient (Wildman–Crippen LogP) is 2.70. The summed E-state index contributed by atoms with van der Waals surface area (Å²) in [5.74, 6) is 0.343. The maximum Gasteiger partial charge on any atom is 0.344 e. The highest BCUT2D eigenvalue weighted by molar-refractivity contribution is 5.79. The van der Waals surface area contributed by atoms with Crippen LogP contribution in [0.2, 0.25) is 0 Å². The lowest BCUT2D eigenvalue weighted by Crippen LogP contribution is -2.49. The van der Waals surface area contributed by atoms with Gasteiger partial charge in [-0.2, -0.15) is 0 Å². The molecule has 0 saturated carbocycles. The number of piperazine rings is 1. The molecule has 2 heterocycles. The van der Waals surface area contributed by atoms with Gasteiger partial charge < -0.3 is 19.3 Å². The maximum absolute atomic E-state index is 12.6. The first-order chi connectivity index (χ1) is 14.7. The van der Waals surface area contributed by atoms with Crippen LogP contribution in [0.25, 0.3) is 0 Å². The molecule has 1 saturated heterocycles. The first kappa shape index (κ1) is 21.6. The molecule has 7 nitrogen and oxygen atoms in total. The smallest absolute Gasteiger partial charge is 0.344 e. The molecular weight excluding hydrogens is 382 g/mol. The topological polar surface area (TPSA) is 72.0 Å². The second-order valence-electron chi connectivity index (χ2n) is 7.26. The third-order valence-electron chi connectivity index (χ3n) is 5.06. The number of ether oxygens (including phenoxy) is 2. The van der Waals surface area contributed by atoms with Crippen molar-refractivity contribution >= 4 is 17.6 Å². The van der Waals surface area contributed by atoms with Gasteiger partial charge >= 0.3 is 5.97 Å². The van der Waals surface area contributed by atoms with Crippen molar-refractivity contribution in [2.24, 2.45) is 0 Å². The van der Waals surface area contributed by atoms with E-state index in [0.29, 0.717) is 31.9 Å². The third-order valence-corrected chi connectivity index (χ3v) is 5.06. The van der Waals surface area contributed by atoms with Gasteiger partial charge in [-0.25, -0.2) is 4.79 Å². The summed E-state index contributed by atoms with van der Waals surface area (Å²) in [7, 11) is 0. The van der Waals surface area contributed by atoms with Crippen LogP contribution in [0, 0.1) is 0 Å². The average molecular weight is 412 g/mol. The zero-order valence-electron chi connectivity index (χ0n) is 17.5. The summed E-state index contributed by atoms with van der Waals surface area (Å²) in [5.41, 5.74) is 2.07. The highest BCUT2D eigenvalue weighted by atomic mass is 16.6. The Morgan fingerprint density at radius 2 is 1.70 bits per heavy atom. The summed E-state index contributed by atoms with van der Waals surface area (Å²) < 4.78 is 10.5. The number of carbonyl (C=O) groups excluding carboxylic acids is 2. The number of esters is 1. The normalized spacial score (nSPS) is 13.8. The van der Waals surface area contributed by atoms with Crippen LogP contribution in [-0.2, 0) is 20.7 Å². The van der Waals surface area contributed by atoms with Crippen LogP contribution in [0.3, 0.4) is 0 Å². The molecule has 1 aliphatic heterocycles. The second-order valence-corrected chi connectivity index (χ2v) is 7.26. The number of unbranched alkanes of at least 4 members (excludes halogenated alkanes) is 1. The Balaban J connectivity index is 1.41. The average Bonchev–Trinajstić information content (AvgIpc) is 2.79. The Kier molecular flexibility index (Phi) is 8.06. The van der Waals surface area contributed by atoms with Crippen molar-refractivity contribution < 1.29 is 19.1 Å². The molecule has 7 heteroatoms. The SMILES string of the molecule is CCCCOC(=O)COc1ccc(CC(=O)N2CCN(c3ccncc3)CC2)cc1. The molecule has 0 aliphatic carbocycles. The van der Waals surface area contributed by atoms with Gasteiger partial charge in [0, 0.05) is 44.3 Å². The van der Waals surface area contributed by atoms with E-state index in [1.165, 1.54) is 0 Å². The van der Waals surface area contributed by atoms with Gasteiger partial charge in [0.25, 0.3) is 0 Å². The number of pyridine rings is 1. The maximum atomic E-state index is 12.6. The summed E-state index contributed by atoms with van der Waals surface area (Å²) in [6, 6.07) is 11.3. The first-order valence-electron chi connectivity index (χ1n) is 10.5. The Morgan fingerprint density at radius 3 is 2.37 bits per heavy atom. The van der Waals surface area contributed by atoms with Gasteiger partial charge in [-0.05, 0) is 36.2 Å². The van der Waals surface area contributed by atoms with Crippen molar-refractivity contribution in [2.45, 2.75) is 26.2 Å². The fourth-order valence-electron chi connectivity index (χ4n) is 3.27. The van der Waals surface area contributed by atoms with E-state index in [-0.39, 0.29) is 18.5 Å². The largest absolute Gasteiger partial charge is 0.482 e. The summed E-state index contributed by atoms with van der Waals surface area (Å²) in [6.45, 7) is 5.41. The van der Waals surface area contributed by atoms with Crippen LogP contribution < -0.4 is 9.64 Å². The minimum absolute atomic E-state index is 0.107. The molecule has 0 N–H and O–H groups in total. The van der Waals surface area contributed by atoms with Crippen LogP contribution in [0.15, 0.2) is 48.8 Å². The van der Waals surface area contributed by atoms with Gasteiger partial charge in [0.15, 0.2) is 6.61 Å². The van der Waals surface area contributed by atoms with E-state index >= 15 is 0 Å². The predicted molar refractivity (Wildman–Crippen MR) is 115 cm³/mol. The molecule has 3 rings (SSSR count). The standard InChI is InChI=1S/C23H29N3O4/c1-2-3-16-29-23(28)18-30-21-6-4-19(5-7-21)17-22(27)26-14-12-25(13-15-26)20-8-10-24-11-9-20/h4-11H,2-3,12-18H2,1H3. The number of aromatic nitrogens is 1. The second kappa shape index (κ2) is 11.2. The van der Waals surface area contributed by atoms with Gasteiger partial charge in [0.05, 0.1) is 13.0 Å². The highest BCUT2D eigenvalue weighted by Crippen LogP contribution is 2.17. The van der Waals surface area contributed by atoms with Crippen molar-refractivity contribution in [3.63, 3.8) is 0 Å². The molecule has 0 radical (unpaired) electrons. The molecule has 0 unspecified atom stereocenters. The first-order valence-corrected chi connectivity index (χ1v) is 10.5. The van der Waals surface area contributed by atoms with Crippen LogP contribution >= 0.6 is 0 Å². The van der Waals surface area contributed by atoms with Gasteiger partial charge in [-0.3, -0.25) is 9.78 Å². The molecule has 0 bridgehead atoms. The van der Waals surface area contributed by atoms with Gasteiger partial charge in [-0.1, -0.05) is 25.5 Å². The summed E-state index contributed by atoms with van der Waals surface area (Å²) in [5, 5.41) is 0. The summed E-state index contributed by atoms with van der Waals surface area (Å²) in [4.78, 5) is 32.5. The van der Waals surface area contributed by atoms with Crippen LogP contribution in [0.4, 0.5) is 5.69 Å². The quantitative estimate of drug-likeness (QED) is 0.467. The third kappa shape index (κ3) is 6.47. The van der Waals surface area contributed by atoms with Crippen molar-refractivity contribution in [1.29, 1.82) is 0 Å². The molecule has 1 fully saturated rings. The fourth-order valence-corrected chi connectivity index (χ4v) is 3.27. The Hall–Kier alpha value is -3.09. The fraction of sp³-hybridized carbons (Fsp3) is 0.435. The molecule has 1 aromatic heterocycles.